The summed E-state index contributed by atoms with van der Waals surface area (Å²) in [6.07, 6.45) is 0. The second kappa shape index (κ2) is 4.62. The number of hydrogen-bond donors (Lipinski definition) is 1. The maximum Gasteiger partial charge on any atom is 0.365 e. The molecule has 15 heavy (non-hydrogen) atoms. The van der Waals surface area contributed by atoms with E-state index in [1.54, 1.807) is 6.07 Å². The number of hydrogen-bond acceptors (Lipinski definition) is 3. The lowest BCUT2D eigenvalue weighted by molar-refractivity contribution is 0.415. The van der Waals surface area contributed by atoms with E-state index < -0.39 is 8.25 Å². The van der Waals surface area contributed by atoms with Crippen LogP contribution < -0.4 is 4.52 Å². The molecule has 3 nitrogen and oxygen atoms in total. The first-order valence-corrected chi connectivity index (χ1v) is 6.40. The first-order valence-electron chi connectivity index (χ1n) is 4.32. The minimum absolute atomic E-state index is 0.472. The third kappa shape index (κ3) is 2.69. The first-order chi connectivity index (χ1) is 7.25. The van der Waals surface area contributed by atoms with Crippen molar-refractivity contribution in [3.05, 3.63) is 42.5 Å². The van der Waals surface area contributed by atoms with E-state index >= 15 is 0 Å². The van der Waals surface area contributed by atoms with Crippen molar-refractivity contribution in [1.82, 2.24) is 0 Å². The van der Waals surface area contributed by atoms with Gasteiger partial charge in [0.2, 0.25) is 0 Å². The van der Waals surface area contributed by atoms with Crippen molar-refractivity contribution in [2.24, 2.45) is 0 Å². The van der Waals surface area contributed by atoms with Gasteiger partial charge in [0.15, 0.2) is 5.06 Å². The number of rotatable bonds is 3. The summed E-state index contributed by atoms with van der Waals surface area (Å²) in [5.74, 6) is 0. The fourth-order valence-electron chi connectivity index (χ4n) is 1.22. The molecule has 0 fully saturated rings. The van der Waals surface area contributed by atoms with Crippen LogP contribution in [0.15, 0.2) is 42.5 Å². The molecule has 1 unspecified atom stereocenters. The van der Waals surface area contributed by atoms with Gasteiger partial charge in [0.25, 0.3) is 0 Å². The summed E-state index contributed by atoms with van der Waals surface area (Å²) in [6, 6.07) is 13.4. The molecule has 5 heteroatoms. The van der Waals surface area contributed by atoms with Gasteiger partial charge in [-0.3, -0.25) is 0 Å². The van der Waals surface area contributed by atoms with Crippen molar-refractivity contribution in [3.8, 4) is 15.5 Å². The number of thiophene rings is 1. The quantitative estimate of drug-likeness (QED) is 0.838. The molecule has 0 spiro atoms. The maximum atomic E-state index is 10.5. The third-order valence-corrected chi connectivity index (χ3v) is 3.38. The van der Waals surface area contributed by atoms with Crippen molar-refractivity contribution >= 4 is 19.6 Å². The topological polar surface area (TPSA) is 46.5 Å². The zero-order valence-electron chi connectivity index (χ0n) is 7.71. The molecule has 1 atom stereocenters. The van der Waals surface area contributed by atoms with Gasteiger partial charge in [0.05, 0.1) is 0 Å². The molecule has 0 amide bonds. The van der Waals surface area contributed by atoms with Crippen molar-refractivity contribution in [3.63, 3.8) is 0 Å². The zero-order chi connectivity index (χ0) is 10.7. The van der Waals surface area contributed by atoms with Crippen LogP contribution in [0, 0.1) is 0 Å². The summed E-state index contributed by atoms with van der Waals surface area (Å²) < 4.78 is 15.2. The van der Waals surface area contributed by atoms with Crippen LogP contribution in [0.4, 0.5) is 0 Å². The van der Waals surface area contributed by atoms with Crippen molar-refractivity contribution < 1.29 is 14.0 Å². The predicted octanol–water partition coefficient (Wildman–Crippen LogP) is 3.18. The molecule has 0 aliphatic carbocycles. The van der Waals surface area contributed by atoms with E-state index in [9.17, 15) is 4.57 Å². The predicted molar refractivity (Wildman–Crippen MR) is 61.6 cm³/mol. The highest BCUT2D eigenvalue weighted by atomic mass is 32.1. The minimum atomic E-state index is -2.89. The second-order valence-electron chi connectivity index (χ2n) is 2.85. The molecule has 2 aromatic rings. The van der Waals surface area contributed by atoms with Gasteiger partial charge >= 0.3 is 8.25 Å². The summed E-state index contributed by atoms with van der Waals surface area (Å²) in [5.41, 5.74) is 1.08. The van der Waals surface area contributed by atoms with Crippen molar-refractivity contribution in [1.29, 1.82) is 0 Å². The van der Waals surface area contributed by atoms with E-state index in [4.69, 9.17) is 9.42 Å². The van der Waals surface area contributed by atoms with Crippen molar-refractivity contribution in [2.45, 2.75) is 0 Å². The SMILES string of the molecule is O=[PH](O)Oc1ccc(-c2ccccc2)s1. The highest BCUT2D eigenvalue weighted by Crippen LogP contribution is 2.36. The Labute approximate surface area is 91.9 Å². The second-order valence-corrected chi connectivity index (χ2v) is 4.63. The lowest BCUT2D eigenvalue weighted by atomic mass is 10.2. The fourth-order valence-corrected chi connectivity index (χ4v) is 2.58. The van der Waals surface area contributed by atoms with Crippen LogP contribution in [0.1, 0.15) is 0 Å². The molecule has 1 heterocycles. The highest BCUT2D eigenvalue weighted by molar-refractivity contribution is 7.33. The van der Waals surface area contributed by atoms with Gasteiger partial charge in [-0.2, -0.15) is 0 Å². The van der Waals surface area contributed by atoms with E-state index in [2.05, 4.69) is 0 Å². The van der Waals surface area contributed by atoms with Gasteiger partial charge in [-0.15, -0.1) is 0 Å². The van der Waals surface area contributed by atoms with E-state index in [0.29, 0.717) is 5.06 Å². The first kappa shape index (κ1) is 10.4. The molecule has 2 rings (SSSR count). The molecule has 0 saturated carbocycles. The van der Waals surface area contributed by atoms with Gasteiger partial charge in [0, 0.05) is 4.88 Å². The number of benzene rings is 1. The van der Waals surface area contributed by atoms with Gasteiger partial charge in [-0.25, -0.2) is 4.57 Å². The minimum Gasteiger partial charge on any atom is -0.416 e. The molecular formula is C10H9O3PS. The molecule has 0 bridgehead atoms. The Hall–Kier alpha value is -1.09. The van der Waals surface area contributed by atoms with E-state index in [0.717, 1.165) is 10.4 Å². The van der Waals surface area contributed by atoms with E-state index in [1.807, 2.05) is 36.4 Å². The smallest absolute Gasteiger partial charge is 0.365 e. The lowest BCUT2D eigenvalue weighted by Crippen LogP contribution is -1.72. The van der Waals surface area contributed by atoms with Crippen LogP contribution in [0.5, 0.6) is 5.06 Å². The van der Waals surface area contributed by atoms with Crippen LogP contribution in [0.3, 0.4) is 0 Å². The normalized spacial score (nSPS) is 12.3. The summed E-state index contributed by atoms with van der Waals surface area (Å²) in [6.45, 7) is 0. The summed E-state index contributed by atoms with van der Waals surface area (Å²) >= 11 is 1.36. The van der Waals surface area contributed by atoms with Gasteiger partial charge in [-0.05, 0) is 17.7 Å². The lowest BCUT2D eigenvalue weighted by Gasteiger charge is -1.96. The van der Waals surface area contributed by atoms with Crippen LogP contribution >= 0.6 is 19.6 Å². The van der Waals surface area contributed by atoms with Crippen LogP contribution in [-0.2, 0) is 4.57 Å². The summed E-state index contributed by atoms with van der Waals surface area (Å²) in [4.78, 5) is 9.64. The van der Waals surface area contributed by atoms with Gasteiger partial charge in [0.1, 0.15) is 0 Å². The Bertz CT molecular complexity index is 467. The largest absolute Gasteiger partial charge is 0.416 e. The molecule has 0 saturated heterocycles. The zero-order valence-corrected chi connectivity index (χ0v) is 9.53. The fraction of sp³-hybridized carbons (Fsp3) is 0. The summed E-state index contributed by atoms with van der Waals surface area (Å²) in [7, 11) is -2.89. The van der Waals surface area contributed by atoms with Gasteiger partial charge in [-0.1, -0.05) is 41.7 Å². The van der Waals surface area contributed by atoms with Crippen molar-refractivity contribution in [2.75, 3.05) is 0 Å². The molecule has 0 aliphatic rings. The molecule has 1 N–H and O–H groups in total. The Balaban J connectivity index is 2.24. The van der Waals surface area contributed by atoms with Gasteiger partial charge < -0.3 is 9.42 Å². The molecule has 1 aromatic carbocycles. The highest BCUT2D eigenvalue weighted by Gasteiger charge is 2.04. The average Bonchev–Trinajstić information content (AvgIpc) is 2.67. The molecule has 0 aliphatic heterocycles. The van der Waals surface area contributed by atoms with Crippen LogP contribution in [0.2, 0.25) is 0 Å². The molecular weight excluding hydrogens is 231 g/mol. The monoisotopic (exact) mass is 240 g/mol. The Morgan fingerprint density at radius 2 is 1.87 bits per heavy atom. The Morgan fingerprint density at radius 1 is 1.13 bits per heavy atom. The van der Waals surface area contributed by atoms with E-state index in [-0.39, 0.29) is 0 Å². The molecule has 1 aromatic heterocycles. The maximum absolute atomic E-state index is 10.5. The Kier molecular flexibility index (Phi) is 3.21. The molecule has 78 valence electrons. The standard InChI is InChI=1S/C10H9O3PS/c11-14(12)13-10-7-6-9(15-10)8-4-2-1-3-5-8/h1-7,14H,(H,11,12). The summed E-state index contributed by atoms with van der Waals surface area (Å²) in [5, 5.41) is 0.472. The Morgan fingerprint density at radius 3 is 2.53 bits per heavy atom. The molecule has 0 radical (unpaired) electrons. The third-order valence-electron chi connectivity index (χ3n) is 1.83. The van der Waals surface area contributed by atoms with E-state index in [1.165, 1.54) is 11.3 Å². The van der Waals surface area contributed by atoms with Crippen LogP contribution in [0.25, 0.3) is 10.4 Å². The average molecular weight is 240 g/mol. The van der Waals surface area contributed by atoms with Crippen LogP contribution in [-0.4, -0.2) is 4.89 Å².